The molecule has 6 heteroatoms. The molecule has 0 bridgehead atoms. The predicted octanol–water partition coefficient (Wildman–Crippen LogP) is 4.39. The lowest BCUT2D eigenvalue weighted by Gasteiger charge is -2.18. The zero-order valence-corrected chi connectivity index (χ0v) is 16.7. The average molecular weight is 407 g/mol. The van der Waals surface area contributed by atoms with E-state index < -0.39 is 6.10 Å². The Hall–Kier alpha value is -2.96. The number of hydrogen-bond acceptors (Lipinski definition) is 4. The van der Waals surface area contributed by atoms with Crippen molar-refractivity contribution in [2.24, 2.45) is 0 Å². The third-order valence-corrected chi connectivity index (χ3v) is 5.79. The van der Waals surface area contributed by atoms with Gasteiger partial charge in [-0.3, -0.25) is 9.59 Å². The summed E-state index contributed by atoms with van der Waals surface area (Å²) >= 11 is 1.60. The van der Waals surface area contributed by atoms with E-state index >= 15 is 0 Å². The summed E-state index contributed by atoms with van der Waals surface area (Å²) in [4.78, 5) is 26.3. The minimum atomic E-state index is -0.409. The maximum Gasteiger partial charge on any atom is 0.253 e. The minimum absolute atomic E-state index is 0.166. The maximum atomic E-state index is 13.0. The van der Waals surface area contributed by atoms with Crippen molar-refractivity contribution in [1.29, 1.82) is 0 Å². The molecule has 29 heavy (non-hydrogen) atoms. The molecule has 148 valence electrons. The average Bonchev–Trinajstić information content (AvgIpc) is 3.47. The summed E-state index contributed by atoms with van der Waals surface area (Å²) in [5.74, 6) is -0.360. The fraction of sp³-hybridized carbons (Fsp3) is 0.217. The van der Waals surface area contributed by atoms with Gasteiger partial charge >= 0.3 is 0 Å². The first kappa shape index (κ1) is 19.4. The van der Waals surface area contributed by atoms with Crippen LogP contribution in [0.3, 0.4) is 0 Å². The van der Waals surface area contributed by atoms with Crippen LogP contribution in [0.5, 0.6) is 0 Å². The molecule has 0 aliphatic carbocycles. The third kappa shape index (κ3) is 4.72. The maximum absolute atomic E-state index is 13.0. The van der Waals surface area contributed by atoms with E-state index in [2.05, 4.69) is 10.6 Å². The highest BCUT2D eigenvalue weighted by Gasteiger charge is 2.24. The summed E-state index contributed by atoms with van der Waals surface area (Å²) < 4.78 is 5.42. The molecule has 1 aromatic heterocycles. The number of anilines is 1. The van der Waals surface area contributed by atoms with Gasteiger partial charge in [-0.25, -0.2) is 0 Å². The smallest absolute Gasteiger partial charge is 0.253 e. The first-order valence-corrected chi connectivity index (χ1v) is 10.5. The quantitative estimate of drug-likeness (QED) is 0.638. The standard InChI is InChI=1S/C23H22N2O3S/c26-22(25-21(20-12-6-14-29-20)16-7-2-1-3-8-16)17-9-4-10-18(15-17)24-23(27)19-11-5-13-28-19/h1-4,6-10,12,14-15,19,21H,5,11,13H2,(H,24,27)(H,25,26)/t19-,21+/m1/s1. The molecular weight excluding hydrogens is 384 g/mol. The van der Waals surface area contributed by atoms with Gasteiger partial charge in [0.2, 0.25) is 0 Å². The normalized spacial score (nSPS) is 16.9. The van der Waals surface area contributed by atoms with E-state index in [4.69, 9.17) is 4.74 Å². The topological polar surface area (TPSA) is 67.4 Å². The van der Waals surface area contributed by atoms with Crippen LogP contribution in [0.2, 0.25) is 0 Å². The summed E-state index contributed by atoms with van der Waals surface area (Å²) in [7, 11) is 0. The molecule has 3 aromatic rings. The van der Waals surface area contributed by atoms with Crippen LogP contribution in [0.4, 0.5) is 5.69 Å². The number of thiophene rings is 1. The molecule has 4 rings (SSSR count). The van der Waals surface area contributed by atoms with Gasteiger partial charge in [-0.15, -0.1) is 11.3 Å². The lowest BCUT2D eigenvalue weighted by Crippen LogP contribution is -2.29. The van der Waals surface area contributed by atoms with E-state index in [9.17, 15) is 9.59 Å². The van der Waals surface area contributed by atoms with E-state index in [1.807, 2.05) is 47.8 Å². The fourth-order valence-corrected chi connectivity index (χ4v) is 4.18. The number of ether oxygens (including phenoxy) is 1. The van der Waals surface area contributed by atoms with Crippen molar-refractivity contribution in [1.82, 2.24) is 5.32 Å². The van der Waals surface area contributed by atoms with Gasteiger partial charge in [-0.2, -0.15) is 0 Å². The molecule has 1 aliphatic rings. The highest BCUT2D eigenvalue weighted by atomic mass is 32.1. The molecule has 1 saturated heterocycles. The largest absolute Gasteiger partial charge is 0.368 e. The molecule has 1 aliphatic heterocycles. The Balaban J connectivity index is 1.50. The van der Waals surface area contributed by atoms with Gasteiger partial charge < -0.3 is 15.4 Å². The molecule has 0 radical (unpaired) electrons. The number of amides is 2. The Morgan fingerprint density at radius 2 is 1.90 bits per heavy atom. The van der Waals surface area contributed by atoms with Crippen molar-refractivity contribution in [3.05, 3.63) is 88.1 Å². The van der Waals surface area contributed by atoms with Crippen molar-refractivity contribution in [2.75, 3.05) is 11.9 Å². The van der Waals surface area contributed by atoms with Gasteiger partial charge in [-0.05, 0) is 48.1 Å². The zero-order chi connectivity index (χ0) is 20.1. The second-order valence-electron chi connectivity index (χ2n) is 6.90. The van der Waals surface area contributed by atoms with Crippen LogP contribution in [0.15, 0.2) is 72.1 Å². The summed E-state index contributed by atoms with van der Waals surface area (Å²) in [6.45, 7) is 0.615. The predicted molar refractivity (Wildman–Crippen MR) is 114 cm³/mol. The van der Waals surface area contributed by atoms with E-state index in [1.165, 1.54) is 0 Å². The van der Waals surface area contributed by atoms with Crippen LogP contribution in [0, 0.1) is 0 Å². The van der Waals surface area contributed by atoms with Crippen LogP contribution in [-0.2, 0) is 9.53 Å². The van der Waals surface area contributed by atoms with Gasteiger partial charge in [0.1, 0.15) is 6.10 Å². The Morgan fingerprint density at radius 3 is 2.62 bits per heavy atom. The van der Waals surface area contributed by atoms with Crippen LogP contribution < -0.4 is 10.6 Å². The molecule has 1 fully saturated rings. The molecule has 2 aromatic carbocycles. The van der Waals surface area contributed by atoms with Gasteiger partial charge in [0.15, 0.2) is 0 Å². The number of rotatable bonds is 6. The Kier molecular flexibility index (Phi) is 6.03. The van der Waals surface area contributed by atoms with Crippen LogP contribution in [-0.4, -0.2) is 24.5 Å². The highest BCUT2D eigenvalue weighted by Crippen LogP contribution is 2.26. The zero-order valence-electron chi connectivity index (χ0n) is 15.8. The number of carbonyl (C=O) groups excluding carboxylic acids is 2. The van der Waals surface area contributed by atoms with E-state index in [0.29, 0.717) is 17.9 Å². The Labute approximate surface area is 173 Å². The number of hydrogen-bond donors (Lipinski definition) is 2. The van der Waals surface area contributed by atoms with E-state index in [1.54, 1.807) is 35.6 Å². The van der Waals surface area contributed by atoms with Crippen LogP contribution >= 0.6 is 11.3 Å². The van der Waals surface area contributed by atoms with Gasteiger partial charge in [-0.1, -0.05) is 42.5 Å². The summed E-state index contributed by atoms with van der Waals surface area (Å²) in [6.07, 6.45) is 1.21. The summed E-state index contributed by atoms with van der Waals surface area (Å²) in [5.41, 5.74) is 2.10. The molecular formula is C23H22N2O3S. The van der Waals surface area contributed by atoms with Crippen LogP contribution in [0.1, 0.15) is 39.7 Å². The van der Waals surface area contributed by atoms with Crippen molar-refractivity contribution in [2.45, 2.75) is 25.0 Å². The SMILES string of the molecule is O=C(N[C@@H](c1ccccc1)c1cccs1)c1cccc(NC(=O)[C@H]2CCCO2)c1. The van der Waals surface area contributed by atoms with Crippen molar-refractivity contribution < 1.29 is 14.3 Å². The molecule has 2 heterocycles. The van der Waals surface area contributed by atoms with Gasteiger partial charge in [0.05, 0.1) is 6.04 Å². The van der Waals surface area contributed by atoms with E-state index in [0.717, 1.165) is 23.3 Å². The minimum Gasteiger partial charge on any atom is -0.368 e. The Bertz CT molecular complexity index is 967. The number of nitrogens with one attached hydrogen (secondary N) is 2. The van der Waals surface area contributed by atoms with Crippen molar-refractivity contribution in [3.8, 4) is 0 Å². The van der Waals surface area contributed by atoms with Gasteiger partial charge in [0, 0.05) is 22.7 Å². The number of carbonyl (C=O) groups is 2. The Morgan fingerprint density at radius 1 is 1.03 bits per heavy atom. The fourth-order valence-electron chi connectivity index (χ4n) is 3.38. The molecule has 0 unspecified atom stereocenters. The van der Waals surface area contributed by atoms with Crippen molar-refractivity contribution in [3.63, 3.8) is 0 Å². The third-order valence-electron chi connectivity index (χ3n) is 4.85. The second-order valence-corrected chi connectivity index (χ2v) is 7.88. The molecule has 0 saturated carbocycles. The first-order valence-electron chi connectivity index (χ1n) is 9.62. The molecule has 2 N–H and O–H groups in total. The lowest BCUT2D eigenvalue weighted by atomic mass is 10.0. The second kappa shape index (κ2) is 9.03. The monoisotopic (exact) mass is 406 g/mol. The molecule has 2 amide bonds. The summed E-state index contributed by atoms with van der Waals surface area (Å²) in [5, 5.41) is 7.97. The van der Waals surface area contributed by atoms with Gasteiger partial charge in [0.25, 0.3) is 11.8 Å². The van der Waals surface area contributed by atoms with Crippen molar-refractivity contribution >= 4 is 28.8 Å². The summed E-state index contributed by atoms with van der Waals surface area (Å²) in [6, 6.07) is 20.6. The first-order chi connectivity index (χ1) is 14.2. The molecule has 2 atom stereocenters. The lowest BCUT2D eigenvalue weighted by molar-refractivity contribution is -0.124. The van der Waals surface area contributed by atoms with Crippen LogP contribution in [0.25, 0.3) is 0 Å². The molecule has 0 spiro atoms. The molecule has 5 nitrogen and oxygen atoms in total. The highest BCUT2D eigenvalue weighted by molar-refractivity contribution is 7.10. The van der Waals surface area contributed by atoms with E-state index in [-0.39, 0.29) is 17.9 Å². The number of benzene rings is 2.